The van der Waals surface area contributed by atoms with E-state index in [1.807, 2.05) is 24.3 Å². The van der Waals surface area contributed by atoms with Crippen molar-refractivity contribution in [2.24, 2.45) is 11.8 Å². The number of nitrogens with one attached hydrogen (secondary N) is 1. The summed E-state index contributed by atoms with van der Waals surface area (Å²) in [6.45, 7) is 4.49. The van der Waals surface area contributed by atoms with Gasteiger partial charge in [0.2, 0.25) is 0 Å². The molecule has 2 saturated heterocycles. The first kappa shape index (κ1) is 12.5. The molecule has 2 fully saturated rings. The maximum absolute atomic E-state index is 11.4. The first-order chi connectivity index (χ1) is 9.26. The summed E-state index contributed by atoms with van der Waals surface area (Å²) < 4.78 is 4.72. The number of rotatable bonds is 2. The maximum Gasteiger partial charge on any atom is 0.337 e. The summed E-state index contributed by atoms with van der Waals surface area (Å²) in [5.41, 5.74) is 1.83. The van der Waals surface area contributed by atoms with Gasteiger partial charge in [-0.2, -0.15) is 0 Å². The molecule has 1 aromatic carbocycles. The molecule has 3 rings (SSSR count). The Bertz CT molecular complexity index is 446. The van der Waals surface area contributed by atoms with Crippen molar-refractivity contribution in [3.05, 3.63) is 29.8 Å². The zero-order chi connectivity index (χ0) is 13.2. The van der Waals surface area contributed by atoms with Crippen LogP contribution in [0.4, 0.5) is 5.69 Å². The van der Waals surface area contributed by atoms with Crippen LogP contribution in [-0.4, -0.2) is 39.3 Å². The Balaban J connectivity index is 1.73. The topological polar surface area (TPSA) is 41.6 Å². The van der Waals surface area contributed by atoms with Crippen LogP contribution >= 0.6 is 0 Å². The molecule has 2 heterocycles. The Morgan fingerprint density at radius 2 is 1.84 bits per heavy atom. The second-order valence-corrected chi connectivity index (χ2v) is 5.57. The van der Waals surface area contributed by atoms with Crippen LogP contribution in [0.15, 0.2) is 24.3 Å². The molecule has 1 N–H and O–H groups in total. The van der Waals surface area contributed by atoms with Crippen LogP contribution in [0.1, 0.15) is 16.8 Å². The summed E-state index contributed by atoms with van der Waals surface area (Å²) in [6, 6.07) is 7.76. The highest BCUT2D eigenvalue weighted by molar-refractivity contribution is 5.89. The molecular formula is C15H20N2O2. The van der Waals surface area contributed by atoms with Gasteiger partial charge in [-0.3, -0.25) is 0 Å². The monoisotopic (exact) mass is 260 g/mol. The average Bonchev–Trinajstić information content (AvgIpc) is 2.46. The third-order valence-electron chi connectivity index (χ3n) is 4.14. The van der Waals surface area contributed by atoms with Gasteiger partial charge in [-0.1, -0.05) is 0 Å². The number of carbonyl (C=O) groups is 1. The van der Waals surface area contributed by atoms with Gasteiger partial charge in [0.1, 0.15) is 0 Å². The van der Waals surface area contributed by atoms with E-state index in [9.17, 15) is 4.79 Å². The molecule has 4 nitrogen and oxygen atoms in total. The van der Waals surface area contributed by atoms with Crippen molar-refractivity contribution in [1.82, 2.24) is 5.32 Å². The van der Waals surface area contributed by atoms with E-state index < -0.39 is 0 Å². The van der Waals surface area contributed by atoms with Gasteiger partial charge in [0, 0.05) is 18.8 Å². The maximum atomic E-state index is 11.4. The number of fused-ring (bicyclic) bond motifs is 2. The quantitative estimate of drug-likeness (QED) is 0.819. The Morgan fingerprint density at radius 3 is 2.42 bits per heavy atom. The lowest BCUT2D eigenvalue weighted by atomic mass is 9.85. The van der Waals surface area contributed by atoms with Crippen LogP contribution < -0.4 is 10.2 Å². The molecule has 19 heavy (non-hydrogen) atoms. The molecule has 0 saturated carbocycles. The van der Waals surface area contributed by atoms with Gasteiger partial charge >= 0.3 is 5.97 Å². The molecule has 4 heteroatoms. The first-order valence-corrected chi connectivity index (χ1v) is 6.90. The predicted molar refractivity (Wildman–Crippen MR) is 74.5 cm³/mol. The largest absolute Gasteiger partial charge is 0.465 e. The molecular weight excluding hydrogens is 240 g/mol. The molecule has 2 unspecified atom stereocenters. The molecule has 1 aromatic rings. The summed E-state index contributed by atoms with van der Waals surface area (Å²) in [7, 11) is 1.41. The van der Waals surface area contributed by atoms with E-state index in [4.69, 9.17) is 4.74 Å². The number of anilines is 1. The van der Waals surface area contributed by atoms with Crippen molar-refractivity contribution < 1.29 is 9.53 Å². The number of carbonyl (C=O) groups excluding carboxylic acids is 1. The minimum atomic E-state index is -0.272. The first-order valence-electron chi connectivity index (χ1n) is 6.90. The SMILES string of the molecule is COC(=O)c1ccc(N2CC3CNCC(C3)C2)cc1. The zero-order valence-corrected chi connectivity index (χ0v) is 11.3. The highest BCUT2D eigenvalue weighted by atomic mass is 16.5. The van der Waals surface area contributed by atoms with E-state index in [0.29, 0.717) is 5.56 Å². The Morgan fingerprint density at radius 1 is 1.21 bits per heavy atom. The number of ether oxygens (including phenoxy) is 1. The standard InChI is InChI=1S/C15H20N2O2/c1-19-15(18)13-2-4-14(5-3-13)17-9-11-6-12(10-17)8-16-7-11/h2-5,11-12,16H,6-10H2,1H3. The van der Waals surface area contributed by atoms with E-state index in [2.05, 4.69) is 10.2 Å². The van der Waals surface area contributed by atoms with Crippen molar-refractivity contribution in [3.63, 3.8) is 0 Å². The van der Waals surface area contributed by atoms with Gasteiger partial charge in [-0.25, -0.2) is 4.79 Å². The fourth-order valence-corrected chi connectivity index (χ4v) is 3.24. The van der Waals surface area contributed by atoms with Crippen molar-refractivity contribution in [3.8, 4) is 0 Å². The number of hydrogen-bond acceptors (Lipinski definition) is 4. The van der Waals surface area contributed by atoms with Crippen LogP contribution in [-0.2, 0) is 4.74 Å². The summed E-state index contributed by atoms with van der Waals surface area (Å²) in [5.74, 6) is 1.24. The van der Waals surface area contributed by atoms with Gasteiger partial charge in [-0.05, 0) is 55.6 Å². The van der Waals surface area contributed by atoms with Crippen molar-refractivity contribution in [1.29, 1.82) is 0 Å². The van der Waals surface area contributed by atoms with Gasteiger partial charge in [0.25, 0.3) is 0 Å². The highest BCUT2D eigenvalue weighted by Gasteiger charge is 2.30. The third-order valence-corrected chi connectivity index (χ3v) is 4.14. The van der Waals surface area contributed by atoms with Crippen LogP contribution in [0.25, 0.3) is 0 Å². The molecule has 0 aromatic heterocycles. The minimum absolute atomic E-state index is 0.272. The summed E-state index contributed by atoms with van der Waals surface area (Å²) in [4.78, 5) is 13.9. The van der Waals surface area contributed by atoms with Gasteiger partial charge in [0.15, 0.2) is 0 Å². The third kappa shape index (κ3) is 2.59. The number of benzene rings is 1. The van der Waals surface area contributed by atoms with Crippen LogP contribution in [0.2, 0.25) is 0 Å². The minimum Gasteiger partial charge on any atom is -0.465 e. The van der Waals surface area contributed by atoms with Crippen molar-refractivity contribution >= 4 is 11.7 Å². The lowest BCUT2D eigenvalue weighted by molar-refractivity contribution is 0.0601. The number of nitrogens with zero attached hydrogens (tertiary/aromatic N) is 1. The fourth-order valence-electron chi connectivity index (χ4n) is 3.24. The molecule has 2 aliphatic rings. The molecule has 102 valence electrons. The summed E-state index contributed by atoms with van der Waals surface area (Å²) in [6.07, 6.45) is 1.35. The van der Waals surface area contributed by atoms with Gasteiger partial charge in [0.05, 0.1) is 12.7 Å². The predicted octanol–water partition coefficient (Wildman–Crippen LogP) is 1.52. The van der Waals surface area contributed by atoms with Gasteiger partial charge < -0.3 is 15.0 Å². The second-order valence-electron chi connectivity index (χ2n) is 5.57. The molecule has 0 radical (unpaired) electrons. The van der Waals surface area contributed by atoms with Crippen LogP contribution in [0.3, 0.4) is 0 Å². The molecule has 2 bridgehead atoms. The smallest absolute Gasteiger partial charge is 0.337 e. The van der Waals surface area contributed by atoms with E-state index in [0.717, 1.165) is 38.0 Å². The fraction of sp³-hybridized carbons (Fsp3) is 0.533. The Labute approximate surface area is 113 Å². The zero-order valence-electron chi connectivity index (χ0n) is 11.3. The Kier molecular flexibility index (Phi) is 3.42. The molecule has 0 aliphatic carbocycles. The van der Waals surface area contributed by atoms with Crippen molar-refractivity contribution in [2.75, 3.05) is 38.2 Å². The van der Waals surface area contributed by atoms with Crippen LogP contribution in [0, 0.1) is 11.8 Å². The van der Waals surface area contributed by atoms with Crippen LogP contribution in [0.5, 0.6) is 0 Å². The number of hydrogen-bond donors (Lipinski definition) is 1. The molecule has 2 atom stereocenters. The lowest BCUT2D eigenvalue weighted by Crippen LogP contribution is -2.51. The highest BCUT2D eigenvalue weighted by Crippen LogP contribution is 2.28. The molecule has 2 aliphatic heterocycles. The van der Waals surface area contributed by atoms with E-state index in [1.165, 1.54) is 19.2 Å². The van der Waals surface area contributed by atoms with E-state index in [-0.39, 0.29) is 5.97 Å². The lowest BCUT2D eigenvalue weighted by Gasteiger charge is -2.42. The van der Waals surface area contributed by atoms with Gasteiger partial charge in [-0.15, -0.1) is 0 Å². The average molecular weight is 260 g/mol. The summed E-state index contributed by atoms with van der Waals surface area (Å²) in [5, 5.41) is 3.50. The number of esters is 1. The normalized spacial score (nSPS) is 26.1. The molecule has 0 spiro atoms. The van der Waals surface area contributed by atoms with E-state index >= 15 is 0 Å². The summed E-state index contributed by atoms with van der Waals surface area (Å²) >= 11 is 0. The van der Waals surface area contributed by atoms with Crippen molar-refractivity contribution in [2.45, 2.75) is 6.42 Å². The Hall–Kier alpha value is -1.55. The number of methoxy groups -OCH3 is 1. The molecule has 0 amide bonds. The van der Waals surface area contributed by atoms with E-state index in [1.54, 1.807) is 0 Å². The second kappa shape index (κ2) is 5.21. The number of piperidine rings is 2.